The second-order valence-electron chi connectivity index (χ2n) is 7.40. The van der Waals surface area contributed by atoms with E-state index in [1.54, 1.807) is 0 Å². The Balaban J connectivity index is 1.21. The third kappa shape index (κ3) is 4.90. The molecule has 28 heavy (non-hydrogen) atoms. The molecule has 3 aromatic carbocycles. The Kier molecular flexibility index (Phi) is 5.88. The summed E-state index contributed by atoms with van der Waals surface area (Å²) in [5.74, 6) is 0.682. The second kappa shape index (κ2) is 8.89. The van der Waals surface area contributed by atoms with Crippen LogP contribution in [0.5, 0.6) is 5.75 Å². The highest BCUT2D eigenvalue weighted by molar-refractivity contribution is 5.84. The molecule has 3 aromatic rings. The number of hydrogen-bond acceptors (Lipinski definition) is 3. The summed E-state index contributed by atoms with van der Waals surface area (Å²) in [5.41, 5.74) is 1.34. The molecule has 0 saturated carbocycles. The zero-order valence-electron chi connectivity index (χ0n) is 16.0. The number of rotatable bonds is 6. The number of nitrogens with zero attached hydrogens (tertiary/aromatic N) is 1. The normalized spacial score (nSPS) is 15.4. The van der Waals surface area contributed by atoms with Crippen LogP contribution in [0, 0.1) is 0 Å². The van der Waals surface area contributed by atoms with E-state index >= 15 is 0 Å². The number of piperidine rings is 1. The molecule has 144 valence electrons. The number of benzene rings is 3. The number of likely N-dealkylation sites (tertiary alicyclic amines) is 1. The Bertz CT molecular complexity index is 918. The maximum atomic E-state index is 12.3. The van der Waals surface area contributed by atoms with Crippen molar-refractivity contribution in [3.63, 3.8) is 0 Å². The van der Waals surface area contributed by atoms with Gasteiger partial charge in [0.1, 0.15) is 5.75 Å². The Labute approximate surface area is 166 Å². The zero-order chi connectivity index (χ0) is 19.2. The lowest BCUT2D eigenvalue weighted by Gasteiger charge is -2.32. The Morgan fingerprint density at radius 2 is 1.64 bits per heavy atom. The van der Waals surface area contributed by atoms with E-state index in [0.717, 1.165) is 43.6 Å². The van der Waals surface area contributed by atoms with Gasteiger partial charge in [0.2, 0.25) is 0 Å². The second-order valence-corrected chi connectivity index (χ2v) is 7.40. The SMILES string of the molecule is O=C(COc1ccc2ccccc2c1)NC1CCN(Cc2ccccc2)CC1. The fourth-order valence-corrected chi connectivity index (χ4v) is 3.75. The topological polar surface area (TPSA) is 41.6 Å². The van der Waals surface area contributed by atoms with Gasteiger partial charge in [-0.2, -0.15) is 0 Å². The van der Waals surface area contributed by atoms with Crippen LogP contribution in [0.25, 0.3) is 10.8 Å². The first-order chi connectivity index (χ1) is 13.8. The predicted molar refractivity (Wildman–Crippen MR) is 112 cm³/mol. The summed E-state index contributed by atoms with van der Waals surface area (Å²) >= 11 is 0. The molecule has 0 bridgehead atoms. The van der Waals surface area contributed by atoms with E-state index in [1.807, 2.05) is 42.5 Å². The van der Waals surface area contributed by atoms with Crippen LogP contribution in [0.3, 0.4) is 0 Å². The van der Waals surface area contributed by atoms with Gasteiger partial charge in [0.25, 0.3) is 5.91 Å². The summed E-state index contributed by atoms with van der Waals surface area (Å²) in [6.07, 6.45) is 1.96. The molecule has 1 saturated heterocycles. The van der Waals surface area contributed by atoms with Crippen LogP contribution in [-0.2, 0) is 11.3 Å². The van der Waals surface area contributed by atoms with Crippen LogP contribution in [0.15, 0.2) is 72.8 Å². The lowest BCUT2D eigenvalue weighted by molar-refractivity contribution is -0.124. The maximum absolute atomic E-state index is 12.3. The van der Waals surface area contributed by atoms with E-state index in [4.69, 9.17) is 4.74 Å². The Morgan fingerprint density at radius 3 is 2.43 bits per heavy atom. The van der Waals surface area contributed by atoms with E-state index in [9.17, 15) is 4.79 Å². The molecular formula is C24H26N2O2. The lowest BCUT2D eigenvalue weighted by atomic mass is 10.0. The number of hydrogen-bond donors (Lipinski definition) is 1. The third-order valence-electron chi connectivity index (χ3n) is 5.29. The van der Waals surface area contributed by atoms with Gasteiger partial charge in [0.15, 0.2) is 6.61 Å². The minimum absolute atomic E-state index is 0.0466. The molecule has 0 spiro atoms. The largest absolute Gasteiger partial charge is 0.484 e. The Hall–Kier alpha value is -2.85. The number of ether oxygens (including phenoxy) is 1. The van der Waals surface area contributed by atoms with Gasteiger partial charge in [0.05, 0.1) is 0 Å². The highest BCUT2D eigenvalue weighted by Gasteiger charge is 2.20. The number of fused-ring (bicyclic) bond motifs is 1. The van der Waals surface area contributed by atoms with Crippen molar-refractivity contribution in [1.29, 1.82) is 0 Å². The summed E-state index contributed by atoms with van der Waals surface area (Å²) in [4.78, 5) is 14.7. The van der Waals surface area contributed by atoms with Gasteiger partial charge in [-0.25, -0.2) is 0 Å². The van der Waals surface area contributed by atoms with E-state index in [2.05, 4.69) is 40.5 Å². The standard InChI is InChI=1S/C24H26N2O2/c27-24(18-28-23-11-10-20-8-4-5-9-21(20)16-23)25-22-12-14-26(15-13-22)17-19-6-2-1-3-7-19/h1-11,16,22H,12-15,17-18H2,(H,25,27). The van der Waals surface area contributed by atoms with Crippen molar-refractivity contribution in [1.82, 2.24) is 10.2 Å². The van der Waals surface area contributed by atoms with E-state index < -0.39 is 0 Å². The average Bonchev–Trinajstić information content (AvgIpc) is 2.74. The van der Waals surface area contributed by atoms with E-state index in [1.165, 1.54) is 10.9 Å². The highest BCUT2D eigenvalue weighted by atomic mass is 16.5. The van der Waals surface area contributed by atoms with Crippen molar-refractivity contribution in [3.8, 4) is 5.75 Å². The van der Waals surface area contributed by atoms with Gasteiger partial charge in [0, 0.05) is 25.7 Å². The van der Waals surface area contributed by atoms with Gasteiger partial charge in [-0.3, -0.25) is 9.69 Å². The van der Waals surface area contributed by atoms with Crippen LogP contribution in [0.2, 0.25) is 0 Å². The maximum Gasteiger partial charge on any atom is 0.258 e. The Morgan fingerprint density at radius 1 is 0.929 bits per heavy atom. The minimum Gasteiger partial charge on any atom is -0.484 e. The first-order valence-electron chi connectivity index (χ1n) is 9.93. The van der Waals surface area contributed by atoms with Gasteiger partial charge in [-0.15, -0.1) is 0 Å². The number of nitrogens with one attached hydrogen (secondary N) is 1. The van der Waals surface area contributed by atoms with Crippen LogP contribution >= 0.6 is 0 Å². The van der Waals surface area contributed by atoms with Gasteiger partial charge in [-0.05, 0) is 41.3 Å². The molecule has 1 fully saturated rings. The molecule has 1 aliphatic heterocycles. The summed E-state index contributed by atoms with van der Waals surface area (Å²) in [5, 5.41) is 5.41. The smallest absolute Gasteiger partial charge is 0.258 e. The van der Waals surface area contributed by atoms with Crippen LogP contribution < -0.4 is 10.1 Å². The van der Waals surface area contributed by atoms with Crippen molar-refractivity contribution >= 4 is 16.7 Å². The predicted octanol–water partition coefficient (Wildman–Crippen LogP) is 4.00. The highest BCUT2D eigenvalue weighted by Crippen LogP contribution is 2.20. The quantitative estimate of drug-likeness (QED) is 0.709. The van der Waals surface area contributed by atoms with Gasteiger partial charge >= 0.3 is 0 Å². The number of amides is 1. The number of carbonyl (C=O) groups excluding carboxylic acids is 1. The molecule has 1 aliphatic rings. The third-order valence-corrected chi connectivity index (χ3v) is 5.29. The average molecular weight is 374 g/mol. The van der Waals surface area contributed by atoms with Crippen molar-refractivity contribution < 1.29 is 9.53 Å². The molecule has 1 N–H and O–H groups in total. The fraction of sp³-hybridized carbons (Fsp3) is 0.292. The molecule has 0 aliphatic carbocycles. The molecule has 4 heteroatoms. The molecular weight excluding hydrogens is 348 g/mol. The molecule has 4 nitrogen and oxygen atoms in total. The van der Waals surface area contributed by atoms with Crippen molar-refractivity contribution in [2.75, 3.05) is 19.7 Å². The molecule has 4 rings (SSSR count). The summed E-state index contributed by atoms with van der Waals surface area (Å²) < 4.78 is 5.70. The van der Waals surface area contributed by atoms with E-state index in [0.29, 0.717) is 0 Å². The molecule has 0 aromatic heterocycles. The number of carbonyl (C=O) groups is 1. The summed E-state index contributed by atoms with van der Waals surface area (Å²) in [6, 6.07) is 24.8. The monoisotopic (exact) mass is 374 g/mol. The first kappa shape index (κ1) is 18.5. The minimum atomic E-state index is -0.0466. The summed E-state index contributed by atoms with van der Waals surface area (Å²) in [6.45, 7) is 3.05. The molecule has 0 unspecified atom stereocenters. The van der Waals surface area contributed by atoms with Crippen LogP contribution in [-0.4, -0.2) is 36.5 Å². The molecule has 1 amide bonds. The van der Waals surface area contributed by atoms with Crippen molar-refractivity contribution in [3.05, 3.63) is 78.4 Å². The van der Waals surface area contributed by atoms with Crippen LogP contribution in [0.1, 0.15) is 18.4 Å². The molecule has 1 heterocycles. The fourth-order valence-electron chi connectivity index (χ4n) is 3.75. The van der Waals surface area contributed by atoms with Gasteiger partial charge in [-0.1, -0.05) is 60.7 Å². The van der Waals surface area contributed by atoms with Crippen molar-refractivity contribution in [2.24, 2.45) is 0 Å². The zero-order valence-corrected chi connectivity index (χ0v) is 16.0. The summed E-state index contributed by atoms with van der Waals surface area (Å²) in [7, 11) is 0. The van der Waals surface area contributed by atoms with Crippen LogP contribution in [0.4, 0.5) is 0 Å². The lowest BCUT2D eigenvalue weighted by Crippen LogP contribution is -2.45. The molecule has 0 atom stereocenters. The van der Waals surface area contributed by atoms with E-state index in [-0.39, 0.29) is 18.6 Å². The van der Waals surface area contributed by atoms with Gasteiger partial charge < -0.3 is 10.1 Å². The molecule has 0 radical (unpaired) electrons. The first-order valence-corrected chi connectivity index (χ1v) is 9.93. The van der Waals surface area contributed by atoms with Crippen molar-refractivity contribution in [2.45, 2.75) is 25.4 Å².